The summed E-state index contributed by atoms with van der Waals surface area (Å²) in [5, 5.41) is 39.4. The number of nitriles is 2. The molecule has 0 spiro atoms. The first-order valence-corrected chi connectivity index (χ1v) is 12.6. The summed E-state index contributed by atoms with van der Waals surface area (Å²) in [5.74, 6) is 1.11. The molecule has 3 aromatic heterocycles. The van der Waals surface area contributed by atoms with Crippen molar-refractivity contribution in [3.63, 3.8) is 0 Å². The summed E-state index contributed by atoms with van der Waals surface area (Å²) >= 11 is 0. The molecule has 0 aliphatic heterocycles. The molecule has 3 heterocycles. The van der Waals surface area contributed by atoms with Crippen molar-refractivity contribution in [3.8, 4) is 18.1 Å². The van der Waals surface area contributed by atoms with Crippen molar-refractivity contribution >= 4 is 28.8 Å². The number of benzene rings is 1. The number of anilines is 3. The summed E-state index contributed by atoms with van der Waals surface area (Å²) in [4.78, 5) is 13.1. The first kappa shape index (κ1) is 27.8. The molecule has 0 aliphatic carbocycles. The fourth-order valence-corrected chi connectivity index (χ4v) is 4.25. The zero-order valence-electron chi connectivity index (χ0n) is 23.2. The van der Waals surface area contributed by atoms with Crippen LogP contribution in [-0.2, 0) is 4.74 Å². The van der Waals surface area contributed by atoms with E-state index in [1.807, 2.05) is 27.7 Å². The van der Waals surface area contributed by atoms with E-state index >= 15 is 0 Å². The van der Waals surface area contributed by atoms with Crippen LogP contribution in [0.4, 0.5) is 28.8 Å². The average Bonchev–Trinajstić information content (AvgIpc) is 3.37. The van der Waals surface area contributed by atoms with Gasteiger partial charge in [-0.3, -0.25) is 0 Å². The number of aryl methyl sites for hydroxylation is 3. The fourth-order valence-electron chi connectivity index (χ4n) is 4.25. The predicted molar refractivity (Wildman–Crippen MR) is 150 cm³/mol. The molecule has 0 fully saturated rings. The van der Waals surface area contributed by atoms with Gasteiger partial charge in [-0.25, -0.2) is 19.6 Å². The lowest BCUT2D eigenvalue weighted by molar-refractivity contribution is 0.122. The number of ether oxygens (including phenoxy) is 1. The van der Waals surface area contributed by atoms with Crippen LogP contribution in [0.15, 0.2) is 47.0 Å². The Morgan fingerprint density at radius 2 is 1.73 bits per heavy atom. The molecular formula is C28H29N11O. The molecule has 0 saturated carbocycles. The van der Waals surface area contributed by atoms with E-state index in [1.54, 1.807) is 32.5 Å². The third kappa shape index (κ3) is 5.77. The molecule has 4 rings (SSSR count). The maximum absolute atomic E-state index is 10.1. The number of hydrogen-bond acceptors (Lipinski definition) is 11. The van der Waals surface area contributed by atoms with E-state index in [1.165, 1.54) is 10.9 Å². The summed E-state index contributed by atoms with van der Waals surface area (Å²) in [5.41, 5.74) is 5.45. The standard InChI is InChI=1S/C28H29N11O/c1-7-22(40-6)33-27-24(36-37-25-20(13-29)15-39(38-25)28-31-9-8-10-32-28)19(5)21(14-30)26(35-27)34-23-17(3)11-16(2)12-18(23)4/h8-12,15,22H,7H2,1-6H3,(H2,33,34,35). The van der Waals surface area contributed by atoms with Gasteiger partial charge in [0.2, 0.25) is 5.82 Å². The van der Waals surface area contributed by atoms with Crippen molar-refractivity contribution in [3.05, 3.63) is 70.2 Å². The van der Waals surface area contributed by atoms with Gasteiger partial charge >= 0.3 is 0 Å². The van der Waals surface area contributed by atoms with Crippen molar-refractivity contribution in [2.75, 3.05) is 17.7 Å². The van der Waals surface area contributed by atoms with Crippen molar-refractivity contribution in [2.24, 2.45) is 10.2 Å². The van der Waals surface area contributed by atoms with E-state index < -0.39 is 0 Å². The van der Waals surface area contributed by atoms with E-state index in [-0.39, 0.29) is 23.6 Å². The van der Waals surface area contributed by atoms with Gasteiger partial charge in [-0.1, -0.05) is 24.6 Å². The Labute approximate surface area is 232 Å². The first-order chi connectivity index (χ1) is 19.3. The summed E-state index contributed by atoms with van der Waals surface area (Å²) in [6.45, 7) is 9.79. The zero-order valence-corrected chi connectivity index (χ0v) is 23.2. The van der Waals surface area contributed by atoms with Crippen LogP contribution in [0.1, 0.15) is 46.7 Å². The lowest BCUT2D eigenvalue weighted by Gasteiger charge is -2.21. The van der Waals surface area contributed by atoms with Crippen LogP contribution >= 0.6 is 0 Å². The Morgan fingerprint density at radius 3 is 2.33 bits per heavy atom. The Hall–Kier alpha value is -5.20. The third-order valence-electron chi connectivity index (χ3n) is 6.22. The smallest absolute Gasteiger partial charge is 0.250 e. The SMILES string of the molecule is CCC(Nc1nc(Nc2c(C)cc(C)cc2C)c(C#N)c(C)c1N=Nc1nn(-c2ncccn2)cc1C#N)OC. The molecule has 1 unspecified atom stereocenters. The Balaban J connectivity index is 1.82. The summed E-state index contributed by atoms with van der Waals surface area (Å²) in [6, 6.07) is 10.1. The van der Waals surface area contributed by atoms with Gasteiger partial charge in [-0.05, 0) is 51.3 Å². The number of azo groups is 1. The number of nitrogens with one attached hydrogen (secondary N) is 2. The highest BCUT2D eigenvalue weighted by molar-refractivity contribution is 5.78. The van der Waals surface area contributed by atoms with Crippen LogP contribution in [0, 0.1) is 50.4 Å². The minimum Gasteiger partial charge on any atom is -0.362 e. The molecule has 4 aromatic rings. The van der Waals surface area contributed by atoms with Gasteiger partial charge in [0.05, 0.1) is 11.8 Å². The molecule has 1 atom stereocenters. The average molecular weight is 536 g/mol. The van der Waals surface area contributed by atoms with Gasteiger partial charge in [-0.2, -0.15) is 10.5 Å². The molecule has 1 aromatic carbocycles. The molecule has 12 heteroatoms. The highest BCUT2D eigenvalue weighted by Gasteiger charge is 2.21. The fraction of sp³-hybridized carbons (Fsp3) is 0.286. The minimum atomic E-state index is -0.367. The molecule has 0 bridgehead atoms. The van der Waals surface area contributed by atoms with E-state index in [0.29, 0.717) is 34.9 Å². The molecule has 0 radical (unpaired) electrons. The van der Waals surface area contributed by atoms with E-state index in [0.717, 1.165) is 22.4 Å². The second-order valence-corrected chi connectivity index (χ2v) is 9.12. The van der Waals surface area contributed by atoms with Crippen molar-refractivity contribution in [1.29, 1.82) is 10.5 Å². The summed E-state index contributed by atoms with van der Waals surface area (Å²) < 4.78 is 6.89. The number of methoxy groups -OCH3 is 1. The third-order valence-corrected chi connectivity index (χ3v) is 6.22. The molecule has 0 aliphatic rings. The van der Waals surface area contributed by atoms with Crippen LogP contribution in [0.3, 0.4) is 0 Å². The predicted octanol–water partition coefficient (Wildman–Crippen LogP) is 5.99. The van der Waals surface area contributed by atoms with Crippen molar-refractivity contribution < 1.29 is 4.74 Å². The second kappa shape index (κ2) is 12.1. The van der Waals surface area contributed by atoms with E-state index in [4.69, 9.17) is 9.72 Å². The van der Waals surface area contributed by atoms with Gasteiger partial charge in [-0.15, -0.1) is 15.3 Å². The van der Waals surface area contributed by atoms with Gasteiger partial charge in [0.1, 0.15) is 29.6 Å². The molecule has 40 heavy (non-hydrogen) atoms. The summed E-state index contributed by atoms with van der Waals surface area (Å²) in [6.07, 6.45) is 4.90. The van der Waals surface area contributed by atoms with Gasteiger partial charge in [0.15, 0.2) is 11.6 Å². The van der Waals surface area contributed by atoms with Crippen LogP contribution < -0.4 is 10.6 Å². The van der Waals surface area contributed by atoms with Crippen LogP contribution in [-0.4, -0.2) is 38.1 Å². The lowest BCUT2D eigenvalue weighted by atomic mass is 10.0. The van der Waals surface area contributed by atoms with Crippen LogP contribution in [0.2, 0.25) is 0 Å². The molecule has 0 amide bonds. The molecule has 202 valence electrons. The van der Waals surface area contributed by atoms with Crippen molar-refractivity contribution in [2.45, 2.75) is 47.3 Å². The topological polar surface area (TPSA) is 162 Å². The first-order valence-electron chi connectivity index (χ1n) is 12.6. The monoisotopic (exact) mass is 535 g/mol. The normalized spacial score (nSPS) is 11.7. The molecular weight excluding hydrogens is 506 g/mol. The van der Waals surface area contributed by atoms with E-state index in [2.05, 4.69) is 60.2 Å². The Morgan fingerprint density at radius 1 is 1.02 bits per heavy atom. The number of hydrogen-bond donors (Lipinski definition) is 2. The van der Waals surface area contributed by atoms with Gasteiger partial charge < -0.3 is 15.4 Å². The second-order valence-electron chi connectivity index (χ2n) is 9.12. The maximum Gasteiger partial charge on any atom is 0.250 e. The van der Waals surface area contributed by atoms with Crippen LogP contribution in [0.5, 0.6) is 0 Å². The highest BCUT2D eigenvalue weighted by Crippen LogP contribution is 2.37. The molecule has 12 nitrogen and oxygen atoms in total. The lowest BCUT2D eigenvalue weighted by Crippen LogP contribution is -2.21. The van der Waals surface area contributed by atoms with E-state index in [9.17, 15) is 10.5 Å². The molecule has 2 N–H and O–H groups in total. The zero-order chi connectivity index (χ0) is 28.8. The van der Waals surface area contributed by atoms with Crippen molar-refractivity contribution in [1.82, 2.24) is 24.7 Å². The van der Waals surface area contributed by atoms with Gasteiger partial charge in [0, 0.05) is 30.8 Å². The summed E-state index contributed by atoms with van der Waals surface area (Å²) in [7, 11) is 1.59. The highest BCUT2D eigenvalue weighted by atomic mass is 16.5. The number of pyridine rings is 1. The Bertz CT molecular complexity index is 1620. The number of nitrogens with zero attached hydrogens (tertiary/aromatic N) is 9. The Kier molecular flexibility index (Phi) is 8.42. The number of rotatable bonds is 9. The number of aromatic nitrogens is 5. The minimum absolute atomic E-state index is 0.0747. The quantitative estimate of drug-likeness (QED) is 0.194. The largest absolute Gasteiger partial charge is 0.362 e. The maximum atomic E-state index is 10.1. The van der Waals surface area contributed by atoms with Crippen LogP contribution in [0.25, 0.3) is 5.95 Å². The van der Waals surface area contributed by atoms with Gasteiger partial charge in [0.25, 0.3) is 5.95 Å². The molecule has 0 saturated heterocycles.